The zero-order chi connectivity index (χ0) is 14.8. The highest BCUT2D eigenvalue weighted by Crippen LogP contribution is 2.20. The predicted octanol–water partition coefficient (Wildman–Crippen LogP) is 3.33. The molecular weight excluding hydrogens is 268 g/mol. The molecule has 0 saturated heterocycles. The molecule has 0 radical (unpaired) electrons. The number of hydrogen-bond acceptors (Lipinski definition) is 2. The van der Waals surface area contributed by atoms with E-state index in [-0.39, 0.29) is 18.1 Å². The van der Waals surface area contributed by atoms with Crippen molar-refractivity contribution in [1.29, 1.82) is 0 Å². The van der Waals surface area contributed by atoms with E-state index in [1.165, 1.54) is 18.2 Å². The minimum atomic E-state index is -5.11. The summed E-state index contributed by atoms with van der Waals surface area (Å²) in [6.45, 7) is -3.49. The third-order valence-corrected chi connectivity index (χ3v) is 2.85. The van der Waals surface area contributed by atoms with Crippen molar-refractivity contribution in [2.75, 3.05) is 0 Å². The van der Waals surface area contributed by atoms with Crippen molar-refractivity contribution in [3.63, 3.8) is 0 Å². The first kappa shape index (κ1) is 14.3. The van der Waals surface area contributed by atoms with E-state index in [4.69, 9.17) is 9.84 Å². The lowest BCUT2D eigenvalue weighted by Gasteiger charge is -2.20. The Morgan fingerprint density at radius 3 is 2.30 bits per heavy atom. The van der Waals surface area contributed by atoms with Gasteiger partial charge in [0.15, 0.2) is 0 Å². The molecule has 0 aromatic heterocycles. The highest BCUT2D eigenvalue weighted by molar-refractivity contribution is 6.74. The number of phenolic OH excluding ortho intramolecular Hbond substituents is 1. The first-order valence-electron chi connectivity index (χ1n) is 6.07. The zero-order valence-electron chi connectivity index (χ0n) is 10.8. The Kier molecular flexibility index (Phi) is 3.92. The molecule has 0 saturated carbocycles. The molecule has 0 bridgehead atoms. The van der Waals surface area contributed by atoms with Crippen LogP contribution in [0.5, 0.6) is 11.5 Å². The molecule has 0 aliphatic rings. The van der Waals surface area contributed by atoms with Crippen molar-refractivity contribution in [2.24, 2.45) is 0 Å². The number of ether oxygens (including phenoxy) is 1. The molecule has 0 aliphatic heterocycles. The molecule has 0 unspecified atom stereocenters. The molecule has 0 aliphatic carbocycles. The maximum absolute atomic E-state index is 13.0. The summed E-state index contributed by atoms with van der Waals surface area (Å²) < 4.78 is 44.1. The molecular formula is C14H13BF3O2-. The van der Waals surface area contributed by atoms with E-state index in [0.29, 0.717) is 11.1 Å². The summed E-state index contributed by atoms with van der Waals surface area (Å²) in [5, 5.41) is 9.14. The quantitative estimate of drug-likeness (QED) is 0.871. The van der Waals surface area contributed by atoms with Gasteiger partial charge in [-0.15, -0.1) is 0 Å². The van der Waals surface area contributed by atoms with Crippen LogP contribution in [0, 0.1) is 6.92 Å². The third kappa shape index (κ3) is 3.47. The number of benzene rings is 2. The molecule has 0 atom stereocenters. The number of aryl methyl sites for hydroxylation is 1. The van der Waals surface area contributed by atoms with Crippen molar-refractivity contribution in [2.45, 2.75) is 13.5 Å². The number of hydrogen-bond donors (Lipinski definition) is 1. The van der Waals surface area contributed by atoms with Crippen LogP contribution < -0.4 is 10.2 Å². The smallest absolute Gasteiger partial charge is 0.508 e. The topological polar surface area (TPSA) is 29.5 Å². The fraction of sp³-hybridized carbons (Fsp3) is 0.143. The van der Waals surface area contributed by atoms with E-state index < -0.39 is 12.4 Å². The van der Waals surface area contributed by atoms with Gasteiger partial charge in [-0.25, -0.2) is 0 Å². The largest absolute Gasteiger partial charge is 0.513 e. The number of phenols is 1. The van der Waals surface area contributed by atoms with E-state index in [2.05, 4.69) is 0 Å². The number of aromatic hydroxyl groups is 1. The van der Waals surface area contributed by atoms with Crippen LogP contribution in [0.4, 0.5) is 12.9 Å². The summed E-state index contributed by atoms with van der Waals surface area (Å²) in [4.78, 5) is 0. The molecule has 0 heterocycles. The van der Waals surface area contributed by atoms with Gasteiger partial charge in [0, 0.05) is 0 Å². The van der Waals surface area contributed by atoms with Crippen LogP contribution in [-0.4, -0.2) is 12.1 Å². The summed E-state index contributed by atoms with van der Waals surface area (Å²) in [6, 6.07) is 10.1. The molecule has 0 fully saturated rings. The molecule has 2 aromatic carbocycles. The molecule has 2 rings (SSSR count). The molecule has 2 aromatic rings. The zero-order valence-corrected chi connectivity index (χ0v) is 10.8. The molecule has 6 heteroatoms. The van der Waals surface area contributed by atoms with Crippen LogP contribution in [-0.2, 0) is 6.61 Å². The Hall–Kier alpha value is -2.11. The van der Waals surface area contributed by atoms with Gasteiger partial charge < -0.3 is 22.8 Å². The standard InChI is InChI=1S/C14H13BF3O2/c1-10-2-7-14(13(8-10)15(16,17)18)20-9-11-3-5-12(19)6-4-11/h2-8,19H,9H2,1H3/q-1. The molecule has 2 nitrogen and oxygen atoms in total. The van der Waals surface area contributed by atoms with Crippen LogP contribution in [0.1, 0.15) is 11.1 Å². The lowest BCUT2D eigenvalue weighted by molar-refractivity contribution is 0.306. The molecule has 0 spiro atoms. The first-order valence-corrected chi connectivity index (χ1v) is 6.07. The third-order valence-electron chi connectivity index (χ3n) is 2.85. The van der Waals surface area contributed by atoms with Gasteiger partial charge in [0.1, 0.15) is 12.4 Å². The molecule has 1 N–H and O–H groups in total. The minimum Gasteiger partial charge on any atom is -0.508 e. The fourth-order valence-corrected chi connectivity index (χ4v) is 1.81. The first-order chi connectivity index (χ1) is 9.36. The normalized spacial score (nSPS) is 11.4. The van der Waals surface area contributed by atoms with E-state index in [1.54, 1.807) is 25.1 Å². The van der Waals surface area contributed by atoms with Gasteiger partial charge in [-0.05, 0) is 30.7 Å². The van der Waals surface area contributed by atoms with Gasteiger partial charge >= 0.3 is 6.98 Å². The second-order valence-electron chi connectivity index (χ2n) is 4.57. The summed E-state index contributed by atoms with van der Waals surface area (Å²) in [7, 11) is 0. The Morgan fingerprint density at radius 1 is 1.05 bits per heavy atom. The predicted molar refractivity (Wildman–Crippen MR) is 72.3 cm³/mol. The van der Waals surface area contributed by atoms with Crippen LogP contribution >= 0.6 is 0 Å². The molecule has 0 amide bonds. The van der Waals surface area contributed by atoms with Gasteiger partial charge in [-0.3, -0.25) is 0 Å². The highest BCUT2D eigenvalue weighted by atomic mass is 19.4. The second-order valence-corrected chi connectivity index (χ2v) is 4.57. The van der Waals surface area contributed by atoms with Crippen LogP contribution in [0.15, 0.2) is 42.5 Å². The monoisotopic (exact) mass is 281 g/mol. The minimum absolute atomic E-state index is 0.0164. The van der Waals surface area contributed by atoms with Gasteiger partial charge in [0.05, 0.1) is 5.75 Å². The molecule has 20 heavy (non-hydrogen) atoms. The van der Waals surface area contributed by atoms with E-state index in [0.717, 1.165) is 6.07 Å². The van der Waals surface area contributed by atoms with Gasteiger partial charge in [-0.1, -0.05) is 35.3 Å². The van der Waals surface area contributed by atoms with Gasteiger partial charge in [0.25, 0.3) is 0 Å². The Balaban J connectivity index is 2.19. The van der Waals surface area contributed by atoms with Crippen LogP contribution in [0.2, 0.25) is 0 Å². The highest BCUT2D eigenvalue weighted by Gasteiger charge is 2.29. The molecule has 106 valence electrons. The summed E-state index contributed by atoms with van der Waals surface area (Å²) in [6.07, 6.45) is 0. The van der Waals surface area contributed by atoms with Crippen molar-refractivity contribution in [3.8, 4) is 11.5 Å². The Bertz CT molecular complexity index is 594. The second kappa shape index (κ2) is 5.49. The average Bonchev–Trinajstić information content (AvgIpc) is 2.38. The number of halogens is 3. The number of rotatable bonds is 4. The van der Waals surface area contributed by atoms with E-state index in [1.807, 2.05) is 0 Å². The van der Waals surface area contributed by atoms with Gasteiger partial charge in [-0.2, -0.15) is 0 Å². The van der Waals surface area contributed by atoms with E-state index in [9.17, 15) is 12.9 Å². The fourth-order valence-electron chi connectivity index (χ4n) is 1.81. The van der Waals surface area contributed by atoms with Crippen molar-refractivity contribution >= 4 is 12.4 Å². The maximum Gasteiger partial charge on any atom is 0.513 e. The lowest BCUT2D eigenvalue weighted by Crippen LogP contribution is -2.35. The summed E-state index contributed by atoms with van der Waals surface area (Å²) >= 11 is 0. The van der Waals surface area contributed by atoms with Crippen LogP contribution in [0.3, 0.4) is 0 Å². The Morgan fingerprint density at radius 2 is 1.70 bits per heavy atom. The van der Waals surface area contributed by atoms with Crippen molar-refractivity contribution in [1.82, 2.24) is 0 Å². The lowest BCUT2D eigenvalue weighted by atomic mass is 9.78. The maximum atomic E-state index is 13.0. The SMILES string of the molecule is Cc1ccc(OCc2ccc(O)cc2)c([B-](F)(F)F)c1. The van der Waals surface area contributed by atoms with Crippen molar-refractivity contribution < 1.29 is 22.8 Å². The van der Waals surface area contributed by atoms with Gasteiger partial charge in [0.2, 0.25) is 0 Å². The van der Waals surface area contributed by atoms with E-state index >= 15 is 0 Å². The van der Waals surface area contributed by atoms with Crippen molar-refractivity contribution in [3.05, 3.63) is 53.6 Å². The summed E-state index contributed by atoms with van der Waals surface area (Å²) in [5.74, 6) is -0.0698. The van der Waals surface area contributed by atoms with Crippen LogP contribution in [0.25, 0.3) is 0 Å². The Labute approximate surface area is 114 Å². The summed E-state index contributed by atoms with van der Waals surface area (Å²) in [5.41, 5.74) is 0.504. The average molecular weight is 281 g/mol.